The maximum absolute atomic E-state index is 10.9. The average Bonchev–Trinajstić information content (AvgIpc) is 2.09. The van der Waals surface area contributed by atoms with Crippen molar-refractivity contribution in [2.45, 2.75) is 44.9 Å². The van der Waals surface area contributed by atoms with Gasteiger partial charge in [0, 0.05) is 12.8 Å². The molecule has 1 fully saturated rings. The summed E-state index contributed by atoms with van der Waals surface area (Å²) in [5.41, 5.74) is 0. The summed E-state index contributed by atoms with van der Waals surface area (Å²) in [4.78, 5) is 10.9. The van der Waals surface area contributed by atoms with Crippen LogP contribution < -0.4 is 0 Å². The van der Waals surface area contributed by atoms with Gasteiger partial charge in [0.15, 0.2) is 0 Å². The summed E-state index contributed by atoms with van der Waals surface area (Å²) >= 11 is 3.39. The monoisotopic (exact) mass is 264 g/mol. The summed E-state index contributed by atoms with van der Waals surface area (Å²) in [7, 11) is 0. The van der Waals surface area contributed by atoms with E-state index in [-0.39, 0.29) is 23.2 Å². The topological polar surface area (TPSA) is 35.5 Å². The summed E-state index contributed by atoms with van der Waals surface area (Å²) in [5, 5.41) is -0.187. The molecule has 0 aromatic rings. The molecule has 1 heterocycles. The number of hydrogen-bond acceptors (Lipinski definition) is 3. The van der Waals surface area contributed by atoms with Crippen LogP contribution in [-0.2, 0) is 14.3 Å². The van der Waals surface area contributed by atoms with Crippen molar-refractivity contribution in [2.24, 2.45) is 11.8 Å². The number of rotatable bonds is 1. The number of carbonyl (C=O) groups excluding carboxylic acids is 1. The zero-order chi connectivity index (χ0) is 10.9. The van der Waals surface area contributed by atoms with Crippen molar-refractivity contribution in [3.63, 3.8) is 0 Å². The van der Waals surface area contributed by atoms with Crippen LogP contribution in [-0.4, -0.2) is 23.2 Å². The second-order valence-corrected chi connectivity index (χ2v) is 4.89. The molecule has 0 bridgehead atoms. The van der Waals surface area contributed by atoms with E-state index < -0.39 is 0 Å². The van der Waals surface area contributed by atoms with Crippen LogP contribution in [0.3, 0.4) is 0 Å². The first kappa shape index (κ1) is 12.0. The minimum absolute atomic E-state index is 0.182. The van der Waals surface area contributed by atoms with Gasteiger partial charge in [-0.25, -0.2) is 0 Å². The highest BCUT2D eigenvalue weighted by atomic mass is 79.9. The van der Waals surface area contributed by atoms with E-state index in [0.717, 1.165) is 0 Å². The van der Waals surface area contributed by atoms with E-state index in [4.69, 9.17) is 9.47 Å². The maximum atomic E-state index is 10.9. The van der Waals surface area contributed by atoms with Gasteiger partial charge in [-0.1, -0.05) is 29.8 Å². The van der Waals surface area contributed by atoms with Gasteiger partial charge in [0.05, 0.1) is 6.10 Å². The van der Waals surface area contributed by atoms with Crippen LogP contribution in [0.2, 0.25) is 0 Å². The summed E-state index contributed by atoms with van der Waals surface area (Å²) < 4.78 is 10.8. The van der Waals surface area contributed by atoms with Crippen LogP contribution in [0.4, 0.5) is 0 Å². The number of ether oxygens (including phenoxy) is 2. The first-order chi connectivity index (χ1) is 6.43. The average molecular weight is 265 g/mol. The predicted molar refractivity (Wildman–Crippen MR) is 57.1 cm³/mol. The Hall–Kier alpha value is -0.0900. The third-order valence-electron chi connectivity index (χ3n) is 2.99. The zero-order valence-corrected chi connectivity index (χ0v) is 10.6. The van der Waals surface area contributed by atoms with E-state index in [1.54, 1.807) is 0 Å². The molecule has 82 valence electrons. The van der Waals surface area contributed by atoms with Gasteiger partial charge in [-0.15, -0.1) is 0 Å². The van der Waals surface area contributed by atoms with E-state index in [2.05, 4.69) is 29.8 Å². The molecule has 0 saturated carbocycles. The molecule has 1 rings (SSSR count). The number of alkyl halides is 1. The van der Waals surface area contributed by atoms with Crippen molar-refractivity contribution >= 4 is 21.9 Å². The Bertz CT molecular complexity index is 219. The Labute approximate surface area is 93.3 Å². The summed E-state index contributed by atoms with van der Waals surface area (Å²) in [5.74, 6) is 0.455. The molecule has 1 aliphatic rings. The minimum atomic E-state index is -0.253. The molecular weight excluding hydrogens is 248 g/mol. The van der Waals surface area contributed by atoms with Crippen molar-refractivity contribution in [3.8, 4) is 0 Å². The van der Waals surface area contributed by atoms with Gasteiger partial charge in [-0.05, 0) is 12.8 Å². The van der Waals surface area contributed by atoms with E-state index in [1.165, 1.54) is 6.92 Å². The van der Waals surface area contributed by atoms with Gasteiger partial charge in [0.25, 0.3) is 0 Å². The molecule has 0 amide bonds. The van der Waals surface area contributed by atoms with Crippen LogP contribution >= 0.6 is 15.9 Å². The van der Waals surface area contributed by atoms with Gasteiger partial charge in [-0.2, -0.15) is 0 Å². The first-order valence-corrected chi connectivity index (χ1v) is 5.81. The number of carbonyl (C=O) groups is 1. The van der Waals surface area contributed by atoms with Gasteiger partial charge in [0.2, 0.25) is 0 Å². The number of halogens is 1. The number of hydrogen-bond donors (Lipinski definition) is 0. The maximum Gasteiger partial charge on any atom is 0.303 e. The third-order valence-corrected chi connectivity index (χ3v) is 3.73. The SMILES string of the molecule is CC(=O)O[C@@H]1C(Br)O[C@@H](C)[C@@H](C)C1C. The fraction of sp³-hybridized carbons (Fsp3) is 0.900. The molecule has 0 aromatic carbocycles. The van der Waals surface area contributed by atoms with Crippen molar-refractivity contribution in [2.75, 3.05) is 0 Å². The van der Waals surface area contributed by atoms with E-state index >= 15 is 0 Å². The summed E-state index contributed by atoms with van der Waals surface area (Å²) in [6.45, 7) is 7.67. The fourth-order valence-electron chi connectivity index (χ4n) is 1.72. The lowest BCUT2D eigenvalue weighted by Gasteiger charge is -2.40. The third kappa shape index (κ3) is 2.48. The first-order valence-electron chi connectivity index (χ1n) is 4.90. The van der Waals surface area contributed by atoms with Gasteiger partial charge in [0.1, 0.15) is 11.1 Å². The summed E-state index contributed by atoms with van der Waals surface area (Å²) in [6.07, 6.45) is 0.0138. The lowest BCUT2D eigenvalue weighted by molar-refractivity contribution is -0.173. The van der Waals surface area contributed by atoms with Gasteiger partial charge >= 0.3 is 5.97 Å². The molecule has 3 nitrogen and oxygen atoms in total. The largest absolute Gasteiger partial charge is 0.459 e. The van der Waals surface area contributed by atoms with E-state index in [9.17, 15) is 4.79 Å². The normalized spacial score (nSPS) is 43.4. The van der Waals surface area contributed by atoms with Crippen molar-refractivity contribution in [1.82, 2.24) is 0 Å². The Morgan fingerprint density at radius 1 is 1.29 bits per heavy atom. The molecule has 1 saturated heterocycles. The Balaban J connectivity index is 2.68. The van der Waals surface area contributed by atoms with Crippen molar-refractivity contribution in [1.29, 1.82) is 0 Å². The molecule has 1 aliphatic heterocycles. The number of esters is 1. The second-order valence-electron chi connectivity index (χ2n) is 3.98. The molecule has 4 heteroatoms. The molecule has 5 atom stereocenters. The molecule has 0 radical (unpaired) electrons. The van der Waals surface area contributed by atoms with Gasteiger partial charge < -0.3 is 9.47 Å². The molecule has 2 unspecified atom stereocenters. The van der Waals surface area contributed by atoms with Crippen molar-refractivity contribution in [3.05, 3.63) is 0 Å². The molecule has 14 heavy (non-hydrogen) atoms. The van der Waals surface area contributed by atoms with Gasteiger partial charge in [-0.3, -0.25) is 4.79 Å². The molecule has 0 N–H and O–H groups in total. The molecular formula is C10H17BrO3. The van der Waals surface area contributed by atoms with E-state index in [0.29, 0.717) is 11.8 Å². The Kier molecular flexibility index (Phi) is 3.95. The standard InChI is InChI=1S/C10H17BrO3/c1-5-6(2)9(14-8(4)12)10(11)13-7(5)3/h5-7,9-10H,1-4H3/t5-,6?,7-,9-,10?/m0/s1. The van der Waals surface area contributed by atoms with Crippen LogP contribution in [0.25, 0.3) is 0 Å². The van der Waals surface area contributed by atoms with Crippen LogP contribution in [0, 0.1) is 11.8 Å². The zero-order valence-electron chi connectivity index (χ0n) is 8.99. The Morgan fingerprint density at radius 3 is 2.36 bits per heavy atom. The highest BCUT2D eigenvalue weighted by molar-refractivity contribution is 9.09. The minimum Gasteiger partial charge on any atom is -0.459 e. The molecule has 0 aromatic heterocycles. The second kappa shape index (κ2) is 4.62. The molecule has 0 spiro atoms. The highest BCUT2D eigenvalue weighted by Gasteiger charge is 2.40. The van der Waals surface area contributed by atoms with Crippen LogP contribution in [0.15, 0.2) is 0 Å². The summed E-state index contributed by atoms with van der Waals surface area (Å²) in [6, 6.07) is 0. The lowest BCUT2D eigenvalue weighted by atomic mass is 9.85. The highest BCUT2D eigenvalue weighted by Crippen LogP contribution is 2.34. The van der Waals surface area contributed by atoms with Crippen LogP contribution in [0.1, 0.15) is 27.7 Å². The van der Waals surface area contributed by atoms with Crippen molar-refractivity contribution < 1.29 is 14.3 Å². The van der Waals surface area contributed by atoms with Crippen LogP contribution in [0.5, 0.6) is 0 Å². The lowest BCUT2D eigenvalue weighted by Crippen LogP contribution is -2.47. The fourth-order valence-corrected chi connectivity index (χ4v) is 2.65. The predicted octanol–water partition coefficient (Wildman–Crippen LogP) is 2.33. The Morgan fingerprint density at radius 2 is 1.86 bits per heavy atom. The quantitative estimate of drug-likeness (QED) is 0.539. The van der Waals surface area contributed by atoms with E-state index in [1.807, 2.05) is 6.92 Å². The smallest absolute Gasteiger partial charge is 0.303 e. The molecule has 0 aliphatic carbocycles.